The minimum absolute atomic E-state index is 0. The molecule has 1 aliphatic heterocycles. The van der Waals surface area contributed by atoms with Crippen molar-refractivity contribution in [3.8, 4) is 0 Å². The van der Waals surface area contributed by atoms with Crippen molar-refractivity contribution in [2.75, 3.05) is 29.9 Å². The van der Waals surface area contributed by atoms with E-state index in [4.69, 9.17) is 5.73 Å². The van der Waals surface area contributed by atoms with E-state index in [1.54, 1.807) is 12.4 Å². The van der Waals surface area contributed by atoms with Gasteiger partial charge in [0, 0.05) is 37.7 Å². The fraction of sp³-hybridized carbons (Fsp3) is 0.421. The van der Waals surface area contributed by atoms with Gasteiger partial charge < -0.3 is 16.0 Å². The minimum Gasteiger partial charge on any atom is -0.370 e. The number of rotatable bonds is 5. The first-order chi connectivity index (χ1) is 12.2. The topological polar surface area (TPSA) is 79.4 Å². The van der Waals surface area contributed by atoms with Crippen LogP contribution in [0.4, 0.5) is 11.6 Å². The highest BCUT2D eigenvalue weighted by molar-refractivity contribution is 14.0. The average Bonchev–Trinajstić information content (AvgIpc) is 2.68. The van der Waals surface area contributed by atoms with Crippen LogP contribution in [0.5, 0.6) is 0 Å². The summed E-state index contributed by atoms with van der Waals surface area (Å²) in [5, 5.41) is 3.17. The molecule has 3 rings (SSSR count). The number of aliphatic imine (C=N–C) groups is 1. The van der Waals surface area contributed by atoms with Crippen LogP contribution in [0.1, 0.15) is 25.3 Å². The lowest BCUT2D eigenvalue weighted by Crippen LogP contribution is -2.38. The van der Waals surface area contributed by atoms with Crippen LogP contribution in [-0.4, -0.2) is 35.6 Å². The van der Waals surface area contributed by atoms with E-state index in [1.165, 1.54) is 5.56 Å². The van der Waals surface area contributed by atoms with Gasteiger partial charge in [-0.2, -0.15) is 0 Å². The molecule has 1 fully saturated rings. The zero-order valence-electron chi connectivity index (χ0n) is 15.1. The molecule has 2 aromatic rings. The molecule has 0 amide bonds. The molecule has 1 aromatic heterocycles. The highest BCUT2D eigenvalue weighted by Gasteiger charge is 2.21. The molecule has 1 atom stereocenters. The number of benzene rings is 1. The summed E-state index contributed by atoms with van der Waals surface area (Å²) in [6.45, 7) is 4.79. The summed E-state index contributed by atoms with van der Waals surface area (Å²) in [5.74, 6) is 1.75. The van der Waals surface area contributed by atoms with Gasteiger partial charge in [-0.3, -0.25) is 4.99 Å². The lowest BCUT2D eigenvalue weighted by molar-refractivity contribution is 0.420. The number of aromatic nitrogens is 2. The molecule has 0 aliphatic carbocycles. The highest BCUT2D eigenvalue weighted by atomic mass is 127. The molecule has 0 spiro atoms. The third kappa shape index (κ3) is 5.82. The van der Waals surface area contributed by atoms with Crippen molar-refractivity contribution in [3.63, 3.8) is 0 Å². The van der Waals surface area contributed by atoms with Crippen LogP contribution in [0.2, 0.25) is 0 Å². The standard InChI is InChI=1S/C19H26N6.HI/c1-2-15-6-8-17(9-7-15)24-18(20)23-13-16-5-3-12-25(14-16)19-21-10-4-11-22-19;/h4,6-11,16H,2-3,5,12-14H2,1H3,(H3,20,23,24);1H. The van der Waals surface area contributed by atoms with Crippen LogP contribution in [-0.2, 0) is 6.42 Å². The van der Waals surface area contributed by atoms with Gasteiger partial charge in [0.15, 0.2) is 5.96 Å². The Morgan fingerprint density at radius 3 is 2.69 bits per heavy atom. The lowest BCUT2D eigenvalue weighted by atomic mass is 9.98. The van der Waals surface area contributed by atoms with Crippen LogP contribution in [0, 0.1) is 5.92 Å². The van der Waals surface area contributed by atoms with E-state index in [0.717, 1.165) is 50.5 Å². The average molecular weight is 466 g/mol. The van der Waals surface area contributed by atoms with Crippen molar-refractivity contribution in [2.45, 2.75) is 26.2 Å². The Morgan fingerprint density at radius 2 is 2.00 bits per heavy atom. The Morgan fingerprint density at radius 1 is 1.27 bits per heavy atom. The third-order valence-corrected chi connectivity index (χ3v) is 4.51. The molecule has 140 valence electrons. The second-order valence-electron chi connectivity index (χ2n) is 6.40. The van der Waals surface area contributed by atoms with Crippen LogP contribution in [0.15, 0.2) is 47.7 Å². The molecule has 1 aromatic carbocycles. The number of aryl methyl sites for hydroxylation is 1. The summed E-state index contributed by atoms with van der Waals surface area (Å²) in [4.78, 5) is 15.5. The number of nitrogens with two attached hydrogens (primary N) is 1. The molecule has 7 heteroatoms. The monoisotopic (exact) mass is 466 g/mol. The van der Waals surface area contributed by atoms with Gasteiger partial charge in [-0.15, -0.1) is 24.0 Å². The molecule has 0 saturated carbocycles. The van der Waals surface area contributed by atoms with Crippen molar-refractivity contribution in [1.82, 2.24) is 9.97 Å². The quantitative estimate of drug-likeness (QED) is 0.402. The summed E-state index contributed by atoms with van der Waals surface area (Å²) in [7, 11) is 0. The van der Waals surface area contributed by atoms with E-state index in [2.05, 4.69) is 44.2 Å². The van der Waals surface area contributed by atoms with Crippen LogP contribution < -0.4 is 16.0 Å². The molecule has 0 radical (unpaired) electrons. The smallest absolute Gasteiger partial charge is 0.225 e. The fourth-order valence-electron chi connectivity index (χ4n) is 3.09. The van der Waals surface area contributed by atoms with Crippen molar-refractivity contribution in [2.24, 2.45) is 16.6 Å². The van der Waals surface area contributed by atoms with Crippen LogP contribution >= 0.6 is 24.0 Å². The molecule has 1 saturated heterocycles. The van der Waals surface area contributed by atoms with Gasteiger partial charge in [-0.1, -0.05) is 19.1 Å². The van der Waals surface area contributed by atoms with Gasteiger partial charge in [0.25, 0.3) is 0 Å². The van der Waals surface area contributed by atoms with Gasteiger partial charge >= 0.3 is 0 Å². The molecule has 1 aliphatic rings. The second-order valence-corrected chi connectivity index (χ2v) is 6.40. The van der Waals surface area contributed by atoms with Gasteiger partial charge in [0.1, 0.15) is 0 Å². The minimum atomic E-state index is 0. The molecule has 1 unspecified atom stereocenters. The number of guanidine groups is 1. The van der Waals surface area contributed by atoms with E-state index in [-0.39, 0.29) is 24.0 Å². The fourth-order valence-corrected chi connectivity index (χ4v) is 3.09. The summed E-state index contributed by atoms with van der Waals surface area (Å²) < 4.78 is 0. The van der Waals surface area contributed by atoms with E-state index in [0.29, 0.717) is 11.9 Å². The molecule has 2 heterocycles. The van der Waals surface area contributed by atoms with E-state index in [1.807, 2.05) is 18.2 Å². The third-order valence-electron chi connectivity index (χ3n) is 4.51. The number of hydrogen-bond acceptors (Lipinski definition) is 4. The van der Waals surface area contributed by atoms with Gasteiger partial charge in [-0.25, -0.2) is 9.97 Å². The SMILES string of the molecule is CCc1ccc(NC(N)=NCC2CCCN(c3ncccn3)C2)cc1.I. The predicted octanol–water partition coefficient (Wildman–Crippen LogP) is 3.30. The molecule has 26 heavy (non-hydrogen) atoms. The molecule has 0 bridgehead atoms. The number of piperidine rings is 1. The summed E-state index contributed by atoms with van der Waals surface area (Å²) in [6, 6.07) is 10.1. The number of anilines is 2. The molecular weight excluding hydrogens is 439 g/mol. The van der Waals surface area contributed by atoms with E-state index in [9.17, 15) is 0 Å². The first kappa shape index (κ1) is 20.4. The van der Waals surface area contributed by atoms with Gasteiger partial charge in [-0.05, 0) is 48.9 Å². The predicted molar refractivity (Wildman–Crippen MR) is 118 cm³/mol. The normalized spacial score (nSPS) is 17.5. The Balaban J connectivity index is 0.00000243. The Kier molecular flexibility index (Phi) is 8.08. The van der Waals surface area contributed by atoms with Crippen molar-refractivity contribution in [3.05, 3.63) is 48.3 Å². The van der Waals surface area contributed by atoms with Gasteiger partial charge in [0.05, 0.1) is 0 Å². The Bertz CT molecular complexity index is 689. The number of halogens is 1. The van der Waals surface area contributed by atoms with Gasteiger partial charge in [0.2, 0.25) is 5.95 Å². The van der Waals surface area contributed by atoms with E-state index >= 15 is 0 Å². The summed E-state index contributed by atoms with van der Waals surface area (Å²) in [6.07, 6.45) is 6.90. The van der Waals surface area contributed by atoms with Crippen molar-refractivity contribution in [1.29, 1.82) is 0 Å². The first-order valence-electron chi connectivity index (χ1n) is 8.92. The van der Waals surface area contributed by atoms with Crippen LogP contribution in [0.3, 0.4) is 0 Å². The molecule has 3 N–H and O–H groups in total. The summed E-state index contributed by atoms with van der Waals surface area (Å²) in [5.41, 5.74) is 8.32. The van der Waals surface area contributed by atoms with Crippen molar-refractivity contribution < 1.29 is 0 Å². The van der Waals surface area contributed by atoms with Crippen LogP contribution in [0.25, 0.3) is 0 Å². The number of nitrogens with one attached hydrogen (secondary N) is 1. The van der Waals surface area contributed by atoms with Crippen molar-refractivity contribution >= 4 is 41.6 Å². The number of nitrogens with zero attached hydrogens (tertiary/aromatic N) is 4. The zero-order chi connectivity index (χ0) is 17.5. The Labute approximate surface area is 172 Å². The number of hydrogen-bond donors (Lipinski definition) is 2. The maximum absolute atomic E-state index is 6.04. The highest BCUT2D eigenvalue weighted by Crippen LogP contribution is 2.20. The Hall–Kier alpha value is -1.90. The lowest BCUT2D eigenvalue weighted by Gasteiger charge is -2.31. The largest absolute Gasteiger partial charge is 0.370 e. The summed E-state index contributed by atoms with van der Waals surface area (Å²) >= 11 is 0. The first-order valence-corrected chi connectivity index (χ1v) is 8.92. The van der Waals surface area contributed by atoms with E-state index < -0.39 is 0 Å². The molecular formula is C19H27IN6. The molecule has 6 nitrogen and oxygen atoms in total. The maximum atomic E-state index is 6.04. The zero-order valence-corrected chi connectivity index (χ0v) is 17.5. The second kappa shape index (κ2) is 10.3. The maximum Gasteiger partial charge on any atom is 0.225 e.